The van der Waals surface area contributed by atoms with Crippen LogP contribution in [0.2, 0.25) is 0 Å². The van der Waals surface area contributed by atoms with Crippen molar-refractivity contribution in [3.63, 3.8) is 0 Å². The Balaban J connectivity index is 2.73. The zero-order valence-corrected chi connectivity index (χ0v) is 10.2. The van der Waals surface area contributed by atoms with E-state index in [1.807, 2.05) is 0 Å². The Labute approximate surface area is 98.6 Å². The van der Waals surface area contributed by atoms with Gasteiger partial charge in [-0.15, -0.1) is 0 Å². The average molecular weight is 254 g/mol. The first-order valence-electron chi connectivity index (χ1n) is 4.90. The molecule has 6 heteroatoms. The summed E-state index contributed by atoms with van der Waals surface area (Å²) in [6.07, 6.45) is 2.54. The number of benzene rings is 1. The second-order valence-corrected chi connectivity index (χ2v) is 5.67. The van der Waals surface area contributed by atoms with Gasteiger partial charge < -0.3 is 0 Å². The third-order valence-corrected chi connectivity index (χ3v) is 3.19. The molecule has 17 heavy (non-hydrogen) atoms. The summed E-state index contributed by atoms with van der Waals surface area (Å²) in [5.41, 5.74) is 0.696. The summed E-state index contributed by atoms with van der Waals surface area (Å²) in [4.78, 5) is 3.91. The number of hydrogen-bond donors (Lipinski definition) is 0. The van der Waals surface area contributed by atoms with Crippen LogP contribution in [0.1, 0.15) is 5.69 Å². The summed E-state index contributed by atoms with van der Waals surface area (Å²) >= 11 is 0. The lowest BCUT2D eigenvalue weighted by Gasteiger charge is -2.06. The van der Waals surface area contributed by atoms with E-state index < -0.39 is 15.7 Å². The molecule has 0 aliphatic heterocycles. The van der Waals surface area contributed by atoms with Gasteiger partial charge in [0.15, 0.2) is 0 Å². The Morgan fingerprint density at radius 2 is 1.94 bits per heavy atom. The van der Waals surface area contributed by atoms with E-state index >= 15 is 0 Å². The number of halogens is 1. The third-order valence-electron chi connectivity index (χ3n) is 2.24. The second-order valence-electron chi connectivity index (χ2n) is 3.76. The number of aryl methyl sites for hydroxylation is 1. The topological polar surface area (TPSA) is 52.0 Å². The quantitative estimate of drug-likeness (QED) is 0.820. The van der Waals surface area contributed by atoms with Crippen molar-refractivity contribution in [1.82, 2.24) is 9.55 Å². The smallest absolute Gasteiger partial charge is 0.232 e. The lowest BCUT2D eigenvalue weighted by molar-refractivity contribution is 0.584. The van der Waals surface area contributed by atoms with Crippen LogP contribution in [0, 0.1) is 12.7 Å². The standard InChI is InChI=1S/C11H11FN2O2S/c1-8-7-14(11(13-8)17(2,15)16)10-6-4-3-5-9(10)12/h3-7H,1-2H3. The van der Waals surface area contributed by atoms with Crippen LogP contribution < -0.4 is 0 Å². The molecule has 1 aromatic carbocycles. The van der Waals surface area contributed by atoms with Gasteiger partial charge in [-0.2, -0.15) is 0 Å². The molecule has 0 aliphatic carbocycles. The number of para-hydroxylation sites is 1. The van der Waals surface area contributed by atoms with Gasteiger partial charge in [-0.25, -0.2) is 17.8 Å². The number of aromatic nitrogens is 2. The first-order valence-corrected chi connectivity index (χ1v) is 6.79. The minimum Gasteiger partial charge on any atom is -0.287 e. The maximum absolute atomic E-state index is 13.6. The fraction of sp³-hybridized carbons (Fsp3) is 0.182. The fourth-order valence-corrected chi connectivity index (χ4v) is 2.38. The Morgan fingerprint density at radius 3 is 2.53 bits per heavy atom. The summed E-state index contributed by atoms with van der Waals surface area (Å²) in [6.45, 7) is 1.66. The maximum Gasteiger partial charge on any atom is 0.232 e. The Bertz CT molecular complexity index is 662. The molecule has 2 rings (SSSR count). The molecule has 0 spiro atoms. The Hall–Kier alpha value is -1.69. The number of nitrogens with zero attached hydrogens (tertiary/aromatic N) is 2. The van der Waals surface area contributed by atoms with E-state index in [4.69, 9.17) is 0 Å². The molecule has 0 atom stereocenters. The highest BCUT2D eigenvalue weighted by molar-refractivity contribution is 7.90. The first kappa shape index (κ1) is 11.8. The molecule has 0 saturated carbocycles. The van der Waals surface area contributed by atoms with Crippen LogP contribution in [0.4, 0.5) is 4.39 Å². The van der Waals surface area contributed by atoms with Crippen molar-refractivity contribution >= 4 is 9.84 Å². The maximum atomic E-state index is 13.6. The molecule has 2 aromatic rings. The minimum atomic E-state index is -3.49. The summed E-state index contributed by atoms with van der Waals surface area (Å²) in [5.74, 6) is -0.491. The van der Waals surface area contributed by atoms with E-state index in [0.29, 0.717) is 5.69 Å². The molecule has 0 aliphatic rings. The van der Waals surface area contributed by atoms with E-state index in [0.717, 1.165) is 6.26 Å². The third kappa shape index (κ3) is 2.21. The molecule has 90 valence electrons. The van der Waals surface area contributed by atoms with E-state index in [2.05, 4.69) is 4.98 Å². The van der Waals surface area contributed by atoms with Crippen LogP contribution in [0.5, 0.6) is 0 Å². The Kier molecular flexibility index (Phi) is 2.74. The van der Waals surface area contributed by atoms with E-state index in [-0.39, 0.29) is 10.8 Å². The summed E-state index contributed by atoms with van der Waals surface area (Å²) in [7, 11) is -3.49. The van der Waals surface area contributed by atoms with Gasteiger partial charge in [0, 0.05) is 12.5 Å². The van der Waals surface area contributed by atoms with Gasteiger partial charge in [0.2, 0.25) is 15.0 Å². The molecule has 4 nitrogen and oxygen atoms in total. The van der Waals surface area contributed by atoms with Crippen LogP contribution in [0.3, 0.4) is 0 Å². The largest absolute Gasteiger partial charge is 0.287 e. The summed E-state index contributed by atoms with van der Waals surface area (Å²) in [6, 6.07) is 5.96. The normalized spacial score (nSPS) is 11.7. The molecular formula is C11H11FN2O2S. The zero-order valence-electron chi connectivity index (χ0n) is 9.38. The van der Waals surface area contributed by atoms with E-state index in [1.165, 1.54) is 22.9 Å². The second kappa shape index (κ2) is 3.96. The van der Waals surface area contributed by atoms with Crippen molar-refractivity contribution < 1.29 is 12.8 Å². The SMILES string of the molecule is Cc1cn(-c2ccccc2F)c(S(C)(=O)=O)n1. The highest BCUT2D eigenvalue weighted by atomic mass is 32.2. The average Bonchev–Trinajstić information content (AvgIpc) is 2.60. The van der Waals surface area contributed by atoms with Gasteiger partial charge in [0.1, 0.15) is 5.82 Å². The lowest BCUT2D eigenvalue weighted by Crippen LogP contribution is -2.08. The lowest BCUT2D eigenvalue weighted by atomic mass is 10.3. The Morgan fingerprint density at radius 1 is 1.29 bits per heavy atom. The van der Waals surface area contributed by atoms with Crippen LogP contribution in [-0.4, -0.2) is 24.2 Å². The highest BCUT2D eigenvalue weighted by Crippen LogP contribution is 2.19. The number of rotatable bonds is 2. The summed E-state index contributed by atoms with van der Waals surface area (Å²) in [5, 5.41) is -0.153. The molecule has 0 amide bonds. The number of hydrogen-bond acceptors (Lipinski definition) is 3. The van der Waals surface area contributed by atoms with Gasteiger partial charge in [-0.3, -0.25) is 4.57 Å². The van der Waals surface area contributed by atoms with Crippen molar-refractivity contribution in [2.75, 3.05) is 6.26 Å². The molecule has 1 heterocycles. The van der Waals surface area contributed by atoms with Crippen molar-refractivity contribution in [3.05, 3.63) is 42.0 Å². The molecule has 1 aromatic heterocycles. The van der Waals surface area contributed by atoms with Crippen LogP contribution in [0.15, 0.2) is 35.6 Å². The van der Waals surface area contributed by atoms with Crippen LogP contribution in [0.25, 0.3) is 5.69 Å². The molecular weight excluding hydrogens is 243 g/mol. The molecule has 0 radical (unpaired) electrons. The molecule has 0 N–H and O–H groups in total. The van der Waals surface area contributed by atoms with Crippen molar-refractivity contribution in [1.29, 1.82) is 0 Å². The van der Waals surface area contributed by atoms with E-state index in [9.17, 15) is 12.8 Å². The van der Waals surface area contributed by atoms with Gasteiger partial charge in [-0.05, 0) is 19.1 Å². The van der Waals surface area contributed by atoms with Crippen molar-refractivity contribution in [2.45, 2.75) is 12.1 Å². The zero-order chi connectivity index (χ0) is 12.6. The summed E-state index contributed by atoms with van der Waals surface area (Å²) < 4.78 is 38.0. The van der Waals surface area contributed by atoms with Crippen molar-refractivity contribution in [3.8, 4) is 5.69 Å². The van der Waals surface area contributed by atoms with Gasteiger partial charge in [-0.1, -0.05) is 12.1 Å². The molecule has 0 fully saturated rings. The van der Waals surface area contributed by atoms with Gasteiger partial charge in [0.05, 0.1) is 11.4 Å². The first-order chi connectivity index (χ1) is 7.89. The molecule has 0 bridgehead atoms. The van der Waals surface area contributed by atoms with Gasteiger partial charge in [0.25, 0.3) is 0 Å². The predicted molar refractivity (Wildman–Crippen MR) is 61.4 cm³/mol. The molecule has 0 unspecified atom stereocenters. The number of imidazole rings is 1. The van der Waals surface area contributed by atoms with Gasteiger partial charge >= 0.3 is 0 Å². The minimum absolute atomic E-state index is 0.153. The van der Waals surface area contributed by atoms with Crippen molar-refractivity contribution in [2.24, 2.45) is 0 Å². The monoisotopic (exact) mass is 254 g/mol. The molecule has 0 saturated heterocycles. The van der Waals surface area contributed by atoms with Crippen LogP contribution in [-0.2, 0) is 9.84 Å². The van der Waals surface area contributed by atoms with E-state index in [1.54, 1.807) is 19.1 Å². The predicted octanol–water partition coefficient (Wildman–Crippen LogP) is 1.72. The van der Waals surface area contributed by atoms with Crippen LogP contribution >= 0.6 is 0 Å². The highest BCUT2D eigenvalue weighted by Gasteiger charge is 2.18. The number of sulfone groups is 1. The fourth-order valence-electron chi connectivity index (χ4n) is 1.56.